The van der Waals surface area contributed by atoms with Crippen LogP contribution in [0.15, 0.2) is 18.2 Å². The molecule has 0 saturated heterocycles. The van der Waals surface area contributed by atoms with E-state index in [1.807, 2.05) is 0 Å². The van der Waals surface area contributed by atoms with Crippen LogP contribution in [0.3, 0.4) is 0 Å². The fourth-order valence-electron chi connectivity index (χ4n) is 2.81. The Morgan fingerprint density at radius 2 is 1.96 bits per heavy atom. The van der Waals surface area contributed by atoms with Gasteiger partial charge in [-0.2, -0.15) is 0 Å². The topological polar surface area (TPSA) is 83.5 Å². The van der Waals surface area contributed by atoms with Crippen molar-refractivity contribution in [1.82, 2.24) is 5.32 Å². The molecule has 2 N–H and O–H groups in total. The van der Waals surface area contributed by atoms with E-state index in [9.17, 15) is 28.3 Å². The summed E-state index contributed by atoms with van der Waals surface area (Å²) in [4.78, 5) is 34.8. The number of rotatable bonds is 5. The predicted molar refractivity (Wildman–Crippen MR) is 76.6 cm³/mol. The number of Topliss-reactive ketones (excluding diaryl/α,β-unsaturated/α-hetero) is 1. The smallest absolute Gasteiger partial charge is 0.326 e. The molecule has 1 fully saturated rings. The van der Waals surface area contributed by atoms with E-state index in [1.54, 1.807) is 0 Å². The largest absolute Gasteiger partial charge is 0.480 e. The minimum atomic E-state index is -1.26. The van der Waals surface area contributed by atoms with Crippen molar-refractivity contribution in [3.8, 4) is 0 Å². The number of aliphatic carboxylic acids is 1. The van der Waals surface area contributed by atoms with E-state index in [2.05, 4.69) is 5.32 Å². The summed E-state index contributed by atoms with van der Waals surface area (Å²) in [7, 11) is 0. The molecule has 23 heavy (non-hydrogen) atoms. The van der Waals surface area contributed by atoms with Crippen LogP contribution in [0, 0.1) is 17.6 Å². The minimum Gasteiger partial charge on any atom is -0.480 e. The summed E-state index contributed by atoms with van der Waals surface area (Å²) in [5, 5.41) is 11.5. The predicted octanol–water partition coefficient (Wildman–Crippen LogP) is 1.84. The summed E-state index contributed by atoms with van der Waals surface area (Å²) < 4.78 is 27.1. The average molecular weight is 325 g/mol. The minimum absolute atomic E-state index is 0.0399. The SMILES string of the molecule is O=C1CCC[C@@H]([C@H](NC(=O)Cc2c(F)cccc2F)C(=O)O)C1. The lowest BCUT2D eigenvalue weighted by Crippen LogP contribution is -2.48. The second-order valence-electron chi connectivity index (χ2n) is 5.66. The maximum atomic E-state index is 13.5. The van der Waals surface area contributed by atoms with Crippen molar-refractivity contribution in [2.24, 2.45) is 5.92 Å². The summed E-state index contributed by atoms with van der Waals surface area (Å²) in [6, 6.07) is 2.00. The van der Waals surface area contributed by atoms with Gasteiger partial charge in [0.1, 0.15) is 23.5 Å². The molecule has 1 aromatic carbocycles. The molecule has 5 nitrogen and oxygen atoms in total. The molecular formula is C16H17F2NO4. The second kappa shape index (κ2) is 7.30. The fraction of sp³-hybridized carbons (Fsp3) is 0.438. The highest BCUT2D eigenvalue weighted by Crippen LogP contribution is 2.25. The van der Waals surface area contributed by atoms with Crippen molar-refractivity contribution in [3.63, 3.8) is 0 Å². The number of carbonyl (C=O) groups is 3. The summed E-state index contributed by atoms with van der Waals surface area (Å²) >= 11 is 0. The molecule has 1 amide bonds. The maximum Gasteiger partial charge on any atom is 0.326 e. The van der Waals surface area contributed by atoms with Crippen LogP contribution in [0.25, 0.3) is 0 Å². The quantitative estimate of drug-likeness (QED) is 0.865. The van der Waals surface area contributed by atoms with Gasteiger partial charge in [0, 0.05) is 18.4 Å². The monoisotopic (exact) mass is 325 g/mol. The van der Waals surface area contributed by atoms with Crippen LogP contribution in [-0.2, 0) is 20.8 Å². The van der Waals surface area contributed by atoms with Gasteiger partial charge in [0.15, 0.2) is 0 Å². The van der Waals surface area contributed by atoms with Gasteiger partial charge in [-0.1, -0.05) is 6.07 Å². The van der Waals surface area contributed by atoms with Gasteiger partial charge in [-0.25, -0.2) is 13.6 Å². The Labute approximate surface area is 131 Å². The van der Waals surface area contributed by atoms with Crippen molar-refractivity contribution in [2.75, 3.05) is 0 Å². The van der Waals surface area contributed by atoms with Crippen LogP contribution in [0.4, 0.5) is 8.78 Å². The molecule has 2 rings (SSSR count). The molecule has 0 aliphatic heterocycles. The molecule has 0 unspecified atom stereocenters. The molecular weight excluding hydrogens is 308 g/mol. The van der Waals surface area contributed by atoms with E-state index < -0.39 is 47.5 Å². The van der Waals surface area contributed by atoms with E-state index in [1.165, 1.54) is 6.07 Å². The standard InChI is InChI=1S/C16H17F2NO4/c17-12-5-2-6-13(18)11(12)8-14(21)19-15(16(22)23)9-3-1-4-10(20)7-9/h2,5-6,9,15H,1,3-4,7-8H2,(H,19,21)(H,22,23)/t9-,15+/m1/s1. The Morgan fingerprint density at radius 1 is 1.30 bits per heavy atom. The molecule has 0 radical (unpaired) electrons. The van der Waals surface area contributed by atoms with Crippen molar-refractivity contribution < 1.29 is 28.3 Å². The zero-order valence-corrected chi connectivity index (χ0v) is 12.4. The Balaban J connectivity index is 2.06. The molecule has 0 aromatic heterocycles. The second-order valence-corrected chi connectivity index (χ2v) is 5.66. The molecule has 2 atom stereocenters. The van der Waals surface area contributed by atoms with Gasteiger partial charge in [0.05, 0.1) is 6.42 Å². The van der Waals surface area contributed by atoms with E-state index in [-0.39, 0.29) is 12.2 Å². The van der Waals surface area contributed by atoms with Crippen molar-refractivity contribution >= 4 is 17.7 Å². The molecule has 1 aromatic rings. The number of amides is 1. The molecule has 0 bridgehead atoms. The van der Waals surface area contributed by atoms with Crippen molar-refractivity contribution in [1.29, 1.82) is 0 Å². The Hall–Kier alpha value is -2.31. The number of carboxylic acid groups (broad SMARTS) is 1. The summed E-state index contributed by atoms with van der Waals surface area (Å²) in [5.41, 5.74) is -0.408. The van der Waals surface area contributed by atoms with Crippen LogP contribution in [-0.4, -0.2) is 28.8 Å². The normalized spacial score (nSPS) is 19.2. The number of carbonyl (C=O) groups excluding carboxylic acids is 2. The molecule has 1 aliphatic carbocycles. The Bertz CT molecular complexity index is 612. The van der Waals surface area contributed by atoms with E-state index in [4.69, 9.17) is 0 Å². The van der Waals surface area contributed by atoms with E-state index in [0.29, 0.717) is 19.3 Å². The lowest BCUT2D eigenvalue weighted by atomic mass is 9.83. The first kappa shape index (κ1) is 17.1. The van der Waals surface area contributed by atoms with Gasteiger partial charge < -0.3 is 10.4 Å². The average Bonchev–Trinajstić information content (AvgIpc) is 2.48. The summed E-state index contributed by atoms with van der Waals surface area (Å²) in [6.45, 7) is 0. The van der Waals surface area contributed by atoms with Crippen LogP contribution in [0.2, 0.25) is 0 Å². The lowest BCUT2D eigenvalue weighted by Gasteiger charge is -2.27. The van der Waals surface area contributed by atoms with Gasteiger partial charge in [-0.3, -0.25) is 9.59 Å². The van der Waals surface area contributed by atoms with Gasteiger partial charge in [-0.15, -0.1) is 0 Å². The number of hydrogen-bond donors (Lipinski definition) is 2. The molecule has 0 spiro atoms. The number of nitrogens with one attached hydrogen (secondary N) is 1. The number of benzene rings is 1. The summed E-state index contributed by atoms with van der Waals surface area (Å²) in [5.74, 6) is -4.31. The fourth-order valence-corrected chi connectivity index (χ4v) is 2.81. The van der Waals surface area contributed by atoms with Crippen LogP contribution < -0.4 is 5.32 Å². The molecule has 124 valence electrons. The highest BCUT2D eigenvalue weighted by atomic mass is 19.1. The number of ketones is 1. The van der Waals surface area contributed by atoms with Gasteiger partial charge in [0.25, 0.3) is 0 Å². The first-order chi connectivity index (χ1) is 10.9. The first-order valence-corrected chi connectivity index (χ1v) is 7.35. The van der Waals surface area contributed by atoms with Crippen LogP contribution in [0.1, 0.15) is 31.2 Å². The summed E-state index contributed by atoms with van der Waals surface area (Å²) in [6.07, 6.45) is 0.994. The Kier molecular flexibility index (Phi) is 5.41. The maximum absolute atomic E-state index is 13.5. The third-order valence-corrected chi connectivity index (χ3v) is 3.97. The number of carboxylic acids is 1. The van der Waals surface area contributed by atoms with Crippen LogP contribution >= 0.6 is 0 Å². The van der Waals surface area contributed by atoms with Crippen LogP contribution in [0.5, 0.6) is 0 Å². The van der Waals surface area contributed by atoms with Crippen molar-refractivity contribution in [3.05, 3.63) is 35.4 Å². The zero-order chi connectivity index (χ0) is 17.0. The number of hydrogen-bond acceptors (Lipinski definition) is 3. The molecule has 7 heteroatoms. The third-order valence-electron chi connectivity index (χ3n) is 3.97. The Morgan fingerprint density at radius 3 is 2.52 bits per heavy atom. The zero-order valence-electron chi connectivity index (χ0n) is 12.4. The highest BCUT2D eigenvalue weighted by Gasteiger charge is 2.33. The molecule has 1 aliphatic rings. The third kappa shape index (κ3) is 4.34. The van der Waals surface area contributed by atoms with E-state index >= 15 is 0 Å². The first-order valence-electron chi connectivity index (χ1n) is 7.35. The molecule has 1 saturated carbocycles. The number of halogens is 2. The van der Waals surface area contributed by atoms with E-state index in [0.717, 1.165) is 12.1 Å². The lowest BCUT2D eigenvalue weighted by molar-refractivity contribution is -0.144. The highest BCUT2D eigenvalue weighted by molar-refractivity contribution is 5.86. The van der Waals surface area contributed by atoms with Gasteiger partial charge >= 0.3 is 5.97 Å². The molecule has 0 heterocycles. The van der Waals surface area contributed by atoms with Crippen molar-refractivity contribution in [2.45, 2.75) is 38.1 Å². The van der Waals surface area contributed by atoms with Gasteiger partial charge in [-0.05, 0) is 30.9 Å². The van der Waals surface area contributed by atoms with Gasteiger partial charge in [0.2, 0.25) is 5.91 Å².